The molecule has 0 N–H and O–H groups in total. The highest BCUT2D eigenvalue weighted by Gasteiger charge is 2.19. The number of unbranched alkanes of at least 4 members (excludes halogenated alkanes) is 40. The van der Waals surface area contributed by atoms with Crippen LogP contribution >= 0.6 is 0 Å². The first-order valence-corrected chi connectivity index (χ1v) is 32.1. The van der Waals surface area contributed by atoms with Crippen LogP contribution < -0.4 is 0 Å². The van der Waals surface area contributed by atoms with Crippen LogP contribution in [-0.2, 0) is 28.6 Å². The van der Waals surface area contributed by atoms with Gasteiger partial charge in [0, 0.05) is 19.3 Å². The Bertz CT molecular complexity index is 1270. The molecule has 0 radical (unpaired) electrons. The fraction of sp³-hybridized carbons (Fsp3) is 0.836. The summed E-state index contributed by atoms with van der Waals surface area (Å²) in [5.74, 6) is -0.871. The summed E-state index contributed by atoms with van der Waals surface area (Å²) in [6.45, 7) is 6.57. The molecule has 0 unspecified atom stereocenters. The molecule has 0 aromatic carbocycles. The second-order valence-corrected chi connectivity index (χ2v) is 21.6. The maximum atomic E-state index is 12.9. The number of carbonyl (C=O) groups is 3. The van der Waals surface area contributed by atoms with Crippen molar-refractivity contribution >= 4 is 17.9 Å². The molecule has 0 saturated carbocycles. The fourth-order valence-corrected chi connectivity index (χ4v) is 9.51. The topological polar surface area (TPSA) is 78.9 Å². The van der Waals surface area contributed by atoms with Gasteiger partial charge in [0.05, 0.1) is 0 Å². The average Bonchev–Trinajstić information content (AvgIpc) is 3.39. The van der Waals surface area contributed by atoms with Crippen molar-refractivity contribution in [3.8, 4) is 0 Å². The second-order valence-electron chi connectivity index (χ2n) is 21.6. The van der Waals surface area contributed by atoms with Crippen molar-refractivity contribution < 1.29 is 28.6 Å². The number of hydrogen-bond donors (Lipinski definition) is 0. The fourth-order valence-electron chi connectivity index (χ4n) is 9.51. The summed E-state index contributed by atoms with van der Waals surface area (Å²) >= 11 is 0. The molecule has 6 heteroatoms. The van der Waals surface area contributed by atoms with Crippen molar-refractivity contribution in [3.63, 3.8) is 0 Å². The summed E-state index contributed by atoms with van der Waals surface area (Å²) in [6.07, 6.45) is 76.9. The van der Waals surface area contributed by atoms with Crippen molar-refractivity contribution in [2.24, 2.45) is 0 Å². The van der Waals surface area contributed by atoms with Crippen LogP contribution in [0.2, 0.25) is 0 Å². The zero-order chi connectivity index (χ0) is 52.9. The van der Waals surface area contributed by atoms with E-state index in [1.807, 2.05) is 0 Å². The Hall–Kier alpha value is -2.63. The number of carbonyl (C=O) groups excluding carboxylic acids is 3. The second kappa shape index (κ2) is 61.9. The molecule has 0 rings (SSSR count). The van der Waals surface area contributed by atoms with Crippen LogP contribution in [0.15, 0.2) is 48.6 Å². The molecular weight excluding hydrogens is 901 g/mol. The summed E-state index contributed by atoms with van der Waals surface area (Å²) in [5.41, 5.74) is 0. The molecular formula is C67H122O6. The van der Waals surface area contributed by atoms with Crippen LogP contribution in [0.25, 0.3) is 0 Å². The third-order valence-corrected chi connectivity index (χ3v) is 14.3. The van der Waals surface area contributed by atoms with Crippen molar-refractivity contribution in [2.45, 2.75) is 348 Å². The quantitative estimate of drug-likeness (QED) is 0.0261. The zero-order valence-corrected chi connectivity index (χ0v) is 48.9. The van der Waals surface area contributed by atoms with Gasteiger partial charge < -0.3 is 14.2 Å². The molecule has 1 atom stereocenters. The molecule has 426 valence electrons. The van der Waals surface area contributed by atoms with E-state index in [1.54, 1.807) is 0 Å². The van der Waals surface area contributed by atoms with E-state index in [1.165, 1.54) is 205 Å². The Kier molecular flexibility index (Phi) is 59.7. The molecule has 0 saturated heterocycles. The average molecular weight is 1020 g/mol. The number of esters is 3. The predicted octanol–water partition coefficient (Wildman–Crippen LogP) is 21.8. The number of hydrogen-bond acceptors (Lipinski definition) is 6. The molecule has 0 aromatic heterocycles. The van der Waals surface area contributed by atoms with E-state index in [2.05, 4.69) is 69.4 Å². The number of rotatable bonds is 59. The summed E-state index contributed by atoms with van der Waals surface area (Å²) in [4.78, 5) is 38.3. The minimum Gasteiger partial charge on any atom is -0.462 e. The lowest BCUT2D eigenvalue weighted by molar-refractivity contribution is -0.167. The van der Waals surface area contributed by atoms with E-state index in [0.717, 1.165) is 96.3 Å². The normalized spacial score (nSPS) is 12.3. The minimum absolute atomic E-state index is 0.0754. The third-order valence-electron chi connectivity index (χ3n) is 14.3. The maximum absolute atomic E-state index is 12.9. The van der Waals surface area contributed by atoms with Gasteiger partial charge in [0.1, 0.15) is 13.2 Å². The van der Waals surface area contributed by atoms with Gasteiger partial charge in [-0.2, -0.15) is 0 Å². The lowest BCUT2D eigenvalue weighted by atomic mass is 10.0. The maximum Gasteiger partial charge on any atom is 0.306 e. The molecule has 6 nitrogen and oxygen atoms in total. The van der Waals surface area contributed by atoms with Gasteiger partial charge in [0.15, 0.2) is 6.10 Å². The van der Waals surface area contributed by atoms with Gasteiger partial charge in [0.25, 0.3) is 0 Å². The van der Waals surface area contributed by atoms with Crippen LogP contribution in [0, 0.1) is 0 Å². The number of ether oxygens (including phenoxy) is 3. The van der Waals surface area contributed by atoms with Gasteiger partial charge in [-0.25, -0.2) is 0 Å². The first kappa shape index (κ1) is 70.4. The molecule has 0 aliphatic rings. The Balaban J connectivity index is 4.32. The Morgan fingerprint density at radius 3 is 0.849 bits per heavy atom. The van der Waals surface area contributed by atoms with E-state index in [9.17, 15) is 14.4 Å². The molecule has 0 aliphatic heterocycles. The summed E-state index contributed by atoms with van der Waals surface area (Å²) in [7, 11) is 0. The molecule has 0 bridgehead atoms. The van der Waals surface area contributed by atoms with Crippen molar-refractivity contribution in [1.29, 1.82) is 0 Å². The highest BCUT2D eigenvalue weighted by atomic mass is 16.6. The standard InChI is InChI=1S/C67H122O6/c1-4-7-10-13-16-19-22-25-28-30-32-33-35-36-39-42-45-48-51-54-57-60-66(69)72-63-64(62-71-65(68)59-56-53-50-47-44-41-38-27-24-21-18-15-12-9-6-3)73-67(70)61-58-55-52-49-46-43-40-37-34-31-29-26-23-20-17-14-11-8-5-2/h9,12,18,21,25,27-28,38,64H,4-8,10-11,13-17,19-20,22-24,26,29-37,39-63H2,1-3H3/b12-9-,21-18-,28-25-,38-27-/t64-/m1/s1. The first-order valence-electron chi connectivity index (χ1n) is 32.1. The summed E-state index contributed by atoms with van der Waals surface area (Å²) in [5, 5.41) is 0. The first-order chi connectivity index (χ1) is 36.0. The molecule has 0 fully saturated rings. The van der Waals surface area contributed by atoms with E-state index in [-0.39, 0.29) is 31.1 Å². The Morgan fingerprint density at radius 2 is 0.534 bits per heavy atom. The SMILES string of the molecule is CC/C=C\C/C=C\C/C=C\CCCCCCCC(=O)OC[C@H](COC(=O)CCCCCCCCCCCCC/C=C\CCCCCCCC)OC(=O)CCCCCCCCCCCCCCCCCCCCC. The van der Waals surface area contributed by atoms with Gasteiger partial charge in [-0.15, -0.1) is 0 Å². The van der Waals surface area contributed by atoms with Gasteiger partial charge in [-0.3, -0.25) is 14.4 Å². The lowest BCUT2D eigenvalue weighted by Gasteiger charge is -2.18. The molecule has 0 amide bonds. The van der Waals surface area contributed by atoms with Gasteiger partial charge in [-0.1, -0.05) is 294 Å². The van der Waals surface area contributed by atoms with Crippen molar-refractivity contribution in [2.75, 3.05) is 13.2 Å². The Labute approximate surface area is 454 Å². The van der Waals surface area contributed by atoms with Crippen LogP contribution in [0.3, 0.4) is 0 Å². The van der Waals surface area contributed by atoms with Gasteiger partial charge >= 0.3 is 17.9 Å². The van der Waals surface area contributed by atoms with Gasteiger partial charge in [-0.05, 0) is 77.0 Å². The summed E-state index contributed by atoms with van der Waals surface area (Å²) < 4.78 is 16.9. The highest BCUT2D eigenvalue weighted by Crippen LogP contribution is 2.17. The minimum atomic E-state index is -0.779. The van der Waals surface area contributed by atoms with E-state index >= 15 is 0 Å². The molecule has 0 spiro atoms. The predicted molar refractivity (Wildman–Crippen MR) is 316 cm³/mol. The van der Waals surface area contributed by atoms with Crippen molar-refractivity contribution in [3.05, 3.63) is 48.6 Å². The van der Waals surface area contributed by atoms with Crippen LogP contribution in [-0.4, -0.2) is 37.2 Å². The highest BCUT2D eigenvalue weighted by molar-refractivity contribution is 5.71. The van der Waals surface area contributed by atoms with E-state index < -0.39 is 6.10 Å². The number of allylic oxidation sites excluding steroid dienone is 8. The van der Waals surface area contributed by atoms with Crippen LogP contribution in [0.1, 0.15) is 342 Å². The zero-order valence-electron chi connectivity index (χ0n) is 48.9. The van der Waals surface area contributed by atoms with E-state index in [0.29, 0.717) is 19.3 Å². The van der Waals surface area contributed by atoms with E-state index in [4.69, 9.17) is 14.2 Å². The smallest absolute Gasteiger partial charge is 0.306 e. The lowest BCUT2D eigenvalue weighted by Crippen LogP contribution is -2.30. The van der Waals surface area contributed by atoms with Gasteiger partial charge in [0.2, 0.25) is 0 Å². The summed E-state index contributed by atoms with van der Waals surface area (Å²) in [6, 6.07) is 0. The largest absolute Gasteiger partial charge is 0.462 e. The molecule has 0 heterocycles. The van der Waals surface area contributed by atoms with Crippen LogP contribution in [0.4, 0.5) is 0 Å². The van der Waals surface area contributed by atoms with Crippen LogP contribution in [0.5, 0.6) is 0 Å². The molecule has 73 heavy (non-hydrogen) atoms. The molecule has 0 aliphatic carbocycles. The Morgan fingerprint density at radius 1 is 0.288 bits per heavy atom. The molecule has 0 aromatic rings. The monoisotopic (exact) mass is 1020 g/mol. The third kappa shape index (κ3) is 60.1. The van der Waals surface area contributed by atoms with Crippen molar-refractivity contribution in [1.82, 2.24) is 0 Å².